The van der Waals surface area contributed by atoms with Crippen LogP contribution in [-0.2, 0) is 19.6 Å². The van der Waals surface area contributed by atoms with Crippen molar-refractivity contribution in [1.29, 1.82) is 0 Å². The fraction of sp³-hybridized carbons (Fsp3) is 0.652. The van der Waals surface area contributed by atoms with Crippen molar-refractivity contribution in [2.75, 3.05) is 26.2 Å². The third kappa shape index (κ3) is 5.66. The maximum atomic E-state index is 13.1. The molecular weight excluding hydrogens is 414 g/mol. The number of hydrogen-bond donors (Lipinski definition) is 1. The molecule has 0 radical (unpaired) electrons. The van der Waals surface area contributed by atoms with Gasteiger partial charge in [0.2, 0.25) is 21.8 Å². The predicted molar refractivity (Wildman–Crippen MR) is 120 cm³/mol. The molecule has 172 valence electrons. The van der Waals surface area contributed by atoms with E-state index >= 15 is 0 Å². The van der Waals surface area contributed by atoms with Gasteiger partial charge in [-0.2, -0.15) is 4.31 Å². The number of carbonyl (C=O) groups excluding carboxylic acids is 2. The quantitative estimate of drug-likeness (QED) is 0.693. The van der Waals surface area contributed by atoms with Crippen molar-refractivity contribution < 1.29 is 18.0 Å². The highest BCUT2D eigenvalue weighted by Gasteiger charge is 2.39. The van der Waals surface area contributed by atoms with Crippen LogP contribution in [0.4, 0.5) is 0 Å². The summed E-state index contributed by atoms with van der Waals surface area (Å²) in [6, 6.07) is 6.46. The van der Waals surface area contributed by atoms with E-state index < -0.39 is 16.1 Å². The van der Waals surface area contributed by atoms with Gasteiger partial charge >= 0.3 is 0 Å². The minimum absolute atomic E-state index is 0.00565. The highest BCUT2D eigenvalue weighted by atomic mass is 32.2. The molecule has 8 heteroatoms. The smallest absolute Gasteiger partial charge is 0.243 e. The van der Waals surface area contributed by atoms with Crippen LogP contribution in [0.5, 0.6) is 0 Å². The molecule has 1 aromatic rings. The number of amides is 2. The monoisotopic (exact) mass is 449 g/mol. The van der Waals surface area contributed by atoms with Crippen molar-refractivity contribution in [2.24, 2.45) is 11.8 Å². The lowest BCUT2D eigenvalue weighted by molar-refractivity contribution is -0.142. The molecule has 0 unspecified atom stereocenters. The summed E-state index contributed by atoms with van der Waals surface area (Å²) in [5.74, 6) is 0.219. The van der Waals surface area contributed by atoms with Crippen LogP contribution in [0.2, 0.25) is 0 Å². The van der Waals surface area contributed by atoms with E-state index in [1.54, 1.807) is 29.2 Å². The van der Waals surface area contributed by atoms with Crippen LogP contribution in [0, 0.1) is 18.8 Å². The molecule has 1 N–H and O–H groups in total. The molecule has 3 rings (SSSR count). The van der Waals surface area contributed by atoms with E-state index in [2.05, 4.69) is 19.2 Å². The molecule has 1 aromatic carbocycles. The van der Waals surface area contributed by atoms with Crippen LogP contribution < -0.4 is 5.32 Å². The third-order valence-corrected chi connectivity index (χ3v) is 8.23. The van der Waals surface area contributed by atoms with Crippen molar-refractivity contribution in [3.8, 4) is 0 Å². The molecule has 0 bridgehead atoms. The number of carbonyl (C=O) groups is 2. The number of hydrogen-bond acceptors (Lipinski definition) is 4. The van der Waals surface area contributed by atoms with Crippen LogP contribution in [0.3, 0.4) is 0 Å². The summed E-state index contributed by atoms with van der Waals surface area (Å²) in [7, 11) is -3.54. The topological polar surface area (TPSA) is 86.8 Å². The zero-order chi connectivity index (χ0) is 22.6. The zero-order valence-corrected chi connectivity index (χ0v) is 19.7. The Kier molecular flexibility index (Phi) is 7.75. The SMILES string of the molecule is Cc1ccc(S(=O)(=O)N2CCC(C(=O)N3CCC[C@@H]3C(=O)NCCC(C)C)CC2)cc1. The maximum Gasteiger partial charge on any atom is 0.243 e. The van der Waals surface area contributed by atoms with Gasteiger partial charge in [0.1, 0.15) is 6.04 Å². The Balaban J connectivity index is 1.57. The summed E-state index contributed by atoms with van der Waals surface area (Å²) >= 11 is 0. The highest BCUT2D eigenvalue weighted by molar-refractivity contribution is 7.89. The average molecular weight is 450 g/mol. The van der Waals surface area contributed by atoms with Gasteiger partial charge in [-0.3, -0.25) is 9.59 Å². The lowest BCUT2D eigenvalue weighted by atomic mass is 9.96. The molecule has 0 aromatic heterocycles. The molecule has 2 amide bonds. The van der Waals surface area contributed by atoms with E-state index in [0.29, 0.717) is 56.3 Å². The number of likely N-dealkylation sites (tertiary alicyclic amines) is 1. The number of sulfonamides is 1. The van der Waals surface area contributed by atoms with Gasteiger partial charge < -0.3 is 10.2 Å². The molecule has 2 fully saturated rings. The largest absolute Gasteiger partial charge is 0.354 e. The van der Waals surface area contributed by atoms with Gasteiger partial charge in [-0.25, -0.2) is 8.42 Å². The van der Waals surface area contributed by atoms with Crippen LogP contribution in [-0.4, -0.2) is 61.7 Å². The first kappa shape index (κ1) is 23.7. The van der Waals surface area contributed by atoms with Gasteiger partial charge in [0.05, 0.1) is 4.90 Å². The van der Waals surface area contributed by atoms with Gasteiger partial charge in [0.25, 0.3) is 0 Å². The number of nitrogens with one attached hydrogen (secondary N) is 1. The van der Waals surface area contributed by atoms with Gasteiger partial charge in [0.15, 0.2) is 0 Å². The normalized spacial score (nSPS) is 20.9. The summed E-state index contributed by atoms with van der Waals surface area (Å²) in [5, 5.41) is 2.97. The van der Waals surface area contributed by atoms with Crippen molar-refractivity contribution in [3.05, 3.63) is 29.8 Å². The van der Waals surface area contributed by atoms with E-state index in [9.17, 15) is 18.0 Å². The van der Waals surface area contributed by atoms with Gasteiger partial charge in [-0.15, -0.1) is 0 Å². The molecule has 0 spiro atoms. The number of benzene rings is 1. The second-order valence-electron chi connectivity index (χ2n) is 9.15. The Bertz CT molecular complexity index is 875. The standard InChI is InChI=1S/C23H35N3O4S/c1-17(2)10-13-24-22(27)21-5-4-14-26(21)23(28)19-11-15-25(16-12-19)31(29,30)20-8-6-18(3)7-9-20/h6-9,17,19,21H,4-5,10-16H2,1-3H3,(H,24,27)/t21-/m1/s1. The summed E-state index contributed by atoms with van der Waals surface area (Å²) in [6.07, 6.45) is 3.42. The molecule has 31 heavy (non-hydrogen) atoms. The van der Waals surface area contributed by atoms with Crippen molar-refractivity contribution in [3.63, 3.8) is 0 Å². The molecular formula is C23H35N3O4S. The fourth-order valence-electron chi connectivity index (χ4n) is 4.34. The predicted octanol–water partition coefficient (Wildman–Crippen LogP) is 2.55. The van der Waals surface area contributed by atoms with E-state index in [4.69, 9.17) is 0 Å². The van der Waals surface area contributed by atoms with E-state index in [0.717, 1.165) is 18.4 Å². The fourth-order valence-corrected chi connectivity index (χ4v) is 5.81. The van der Waals surface area contributed by atoms with Crippen LogP contribution in [0.1, 0.15) is 51.5 Å². The molecule has 0 aliphatic carbocycles. The molecule has 2 aliphatic rings. The maximum absolute atomic E-state index is 13.1. The molecule has 0 saturated carbocycles. The van der Waals surface area contributed by atoms with E-state index in [1.807, 2.05) is 6.92 Å². The Hall–Kier alpha value is -1.93. The Labute approximate surface area is 186 Å². The number of aryl methyl sites for hydroxylation is 1. The van der Waals surface area contributed by atoms with Crippen molar-refractivity contribution in [2.45, 2.75) is 63.8 Å². The Morgan fingerprint density at radius 1 is 1.06 bits per heavy atom. The first-order chi connectivity index (χ1) is 14.7. The Morgan fingerprint density at radius 2 is 1.71 bits per heavy atom. The summed E-state index contributed by atoms with van der Waals surface area (Å²) < 4.78 is 27.3. The lowest BCUT2D eigenvalue weighted by Crippen LogP contribution is -2.50. The van der Waals surface area contributed by atoms with Crippen LogP contribution in [0.15, 0.2) is 29.2 Å². The summed E-state index contributed by atoms with van der Waals surface area (Å²) in [6.45, 7) is 8.03. The third-order valence-electron chi connectivity index (χ3n) is 6.32. The van der Waals surface area contributed by atoms with Crippen molar-refractivity contribution in [1.82, 2.24) is 14.5 Å². The molecule has 1 atom stereocenters. The minimum Gasteiger partial charge on any atom is -0.354 e. The Morgan fingerprint density at radius 3 is 2.32 bits per heavy atom. The second kappa shape index (κ2) is 10.1. The minimum atomic E-state index is -3.54. The molecule has 2 heterocycles. The van der Waals surface area contributed by atoms with Gasteiger partial charge in [0, 0.05) is 32.1 Å². The molecule has 7 nitrogen and oxygen atoms in total. The second-order valence-corrected chi connectivity index (χ2v) is 11.1. The highest BCUT2D eigenvalue weighted by Crippen LogP contribution is 2.28. The number of nitrogens with zero attached hydrogens (tertiary/aromatic N) is 2. The van der Waals surface area contributed by atoms with Gasteiger partial charge in [-0.1, -0.05) is 31.5 Å². The van der Waals surface area contributed by atoms with E-state index in [1.165, 1.54) is 4.31 Å². The summed E-state index contributed by atoms with van der Waals surface area (Å²) in [4.78, 5) is 27.7. The molecule has 2 aliphatic heterocycles. The van der Waals surface area contributed by atoms with Crippen LogP contribution in [0.25, 0.3) is 0 Å². The number of rotatable bonds is 7. The molecule has 2 saturated heterocycles. The zero-order valence-electron chi connectivity index (χ0n) is 18.8. The van der Waals surface area contributed by atoms with Crippen molar-refractivity contribution >= 4 is 21.8 Å². The van der Waals surface area contributed by atoms with Gasteiger partial charge in [-0.05, 0) is 57.1 Å². The van der Waals surface area contributed by atoms with E-state index in [-0.39, 0.29) is 17.7 Å². The average Bonchev–Trinajstić information content (AvgIpc) is 3.23. The van der Waals surface area contributed by atoms with Crippen LogP contribution >= 0.6 is 0 Å². The first-order valence-electron chi connectivity index (χ1n) is 11.3. The number of piperidine rings is 1. The lowest BCUT2D eigenvalue weighted by Gasteiger charge is -2.34. The summed E-state index contributed by atoms with van der Waals surface area (Å²) in [5.41, 5.74) is 1.01. The first-order valence-corrected chi connectivity index (χ1v) is 12.8.